The maximum Gasteiger partial charge on any atom is 0.0703 e. The lowest BCUT2D eigenvalue weighted by Gasteiger charge is -2.08. The Morgan fingerprint density at radius 1 is 0.800 bits per heavy atom. The number of ether oxygens (including phenoxy) is 4. The molecule has 0 fully saturated rings. The second-order valence-electron chi connectivity index (χ2n) is 3.49. The van der Waals surface area contributed by atoms with Crippen LogP contribution in [-0.2, 0) is 18.9 Å². The van der Waals surface area contributed by atoms with Crippen LogP contribution < -0.4 is 0 Å². The van der Waals surface area contributed by atoms with Gasteiger partial charge in [0.05, 0.1) is 32.5 Å². The van der Waals surface area contributed by atoms with Gasteiger partial charge in [-0.05, 0) is 20.3 Å². The molecule has 4 heteroatoms. The summed E-state index contributed by atoms with van der Waals surface area (Å²) in [5, 5.41) is 0. The van der Waals surface area contributed by atoms with Crippen LogP contribution in [0.1, 0.15) is 20.3 Å². The van der Waals surface area contributed by atoms with E-state index >= 15 is 0 Å². The second-order valence-corrected chi connectivity index (χ2v) is 3.49. The molecule has 0 aromatic rings. The molecule has 0 spiro atoms. The Morgan fingerprint density at radius 2 is 1.40 bits per heavy atom. The van der Waals surface area contributed by atoms with Crippen molar-refractivity contribution in [1.82, 2.24) is 0 Å². The van der Waals surface area contributed by atoms with E-state index in [1.807, 2.05) is 13.8 Å². The van der Waals surface area contributed by atoms with Crippen LogP contribution in [0.4, 0.5) is 0 Å². The van der Waals surface area contributed by atoms with Crippen LogP contribution >= 0.6 is 0 Å². The molecule has 0 aromatic heterocycles. The molecule has 0 radical (unpaired) electrons. The van der Waals surface area contributed by atoms with Gasteiger partial charge in [-0.25, -0.2) is 0 Å². The van der Waals surface area contributed by atoms with Crippen molar-refractivity contribution in [2.75, 3.05) is 46.8 Å². The molecule has 15 heavy (non-hydrogen) atoms. The van der Waals surface area contributed by atoms with Crippen LogP contribution in [0, 0.1) is 0 Å². The molecule has 0 atom stereocenters. The fraction of sp³-hybridized carbons (Fsp3) is 1.00. The van der Waals surface area contributed by atoms with Crippen molar-refractivity contribution in [3.63, 3.8) is 0 Å². The topological polar surface area (TPSA) is 36.9 Å². The molecule has 0 aliphatic heterocycles. The fourth-order valence-corrected chi connectivity index (χ4v) is 0.970. The molecule has 0 amide bonds. The van der Waals surface area contributed by atoms with Gasteiger partial charge in [0.2, 0.25) is 0 Å². The Hall–Kier alpha value is -0.160. The third kappa shape index (κ3) is 13.8. The van der Waals surface area contributed by atoms with Crippen LogP contribution in [0.5, 0.6) is 0 Å². The molecule has 92 valence electrons. The van der Waals surface area contributed by atoms with Gasteiger partial charge in [-0.2, -0.15) is 0 Å². The summed E-state index contributed by atoms with van der Waals surface area (Å²) in [5.41, 5.74) is 0. The molecule has 0 saturated carbocycles. The van der Waals surface area contributed by atoms with E-state index in [0.717, 1.165) is 19.6 Å². The van der Waals surface area contributed by atoms with Crippen LogP contribution in [-0.4, -0.2) is 52.9 Å². The Balaban J connectivity index is 2.87. The lowest BCUT2D eigenvalue weighted by molar-refractivity contribution is -0.00333. The highest BCUT2D eigenvalue weighted by molar-refractivity contribution is 4.38. The Bertz CT molecular complexity index is 117. The third-order valence-corrected chi connectivity index (χ3v) is 1.69. The normalized spacial score (nSPS) is 11.2. The van der Waals surface area contributed by atoms with Gasteiger partial charge in [0, 0.05) is 20.3 Å². The highest BCUT2D eigenvalue weighted by Crippen LogP contribution is 1.88. The summed E-state index contributed by atoms with van der Waals surface area (Å²) in [6, 6.07) is 0. The third-order valence-electron chi connectivity index (χ3n) is 1.69. The zero-order valence-corrected chi connectivity index (χ0v) is 10.2. The first kappa shape index (κ1) is 14.8. The van der Waals surface area contributed by atoms with Crippen LogP contribution in [0.25, 0.3) is 0 Å². The highest BCUT2D eigenvalue weighted by Gasteiger charge is 1.93. The van der Waals surface area contributed by atoms with Crippen LogP contribution in [0.3, 0.4) is 0 Å². The summed E-state index contributed by atoms with van der Waals surface area (Å²) in [4.78, 5) is 0. The van der Waals surface area contributed by atoms with Gasteiger partial charge in [0.15, 0.2) is 0 Å². The van der Waals surface area contributed by atoms with Gasteiger partial charge in [-0.3, -0.25) is 0 Å². The van der Waals surface area contributed by atoms with E-state index in [0.29, 0.717) is 26.4 Å². The minimum Gasteiger partial charge on any atom is -0.385 e. The molecule has 0 unspecified atom stereocenters. The van der Waals surface area contributed by atoms with Gasteiger partial charge in [-0.15, -0.1) is 0 Å². The van der Waals surface area contributed by atoms with Crippen molar-refractivity contribution >= 4 is 0 Å². The molecule has 0 aliphatic carbocycles. The molecule has 0 saturated heterocycles. The standard InChI is InChI=1S/C11H24O4/c1-11(2)15-10-9-14-8-7-13-6-4-5-12-3/h11H,4-10H2,1-3H3. The zero-order valence-electron chi connectivity index (χ0n) is 10.2. The second kappa shape index (κ2) is 11.9. The Kier molecular flexibility index (Phi) is 11.8. The number of hydrogen-bond acceptors (Lipinski definition) is 4. The van der Waals surface area contributed by atoms with Crippen molar-refractivity contribution < 1.29 is 18.9 Å². The number of hydrogen-bond donors (Lipinski definition) is 0. The summed E-state index contributed by atoms with van der Waals surface area (Å²) >= 11 is 0. The molecule has 0 heterocycles. The van der Waals surface area contributed by atoms with Crippen molar-refractivity contribution in [2.24, 2.45) is 0 Å². The predicted octanol–water partition coefficient (Wildman–Crippen LogP) is 1.48. The first-order valence-electron chi connectivity index (χ1n) is 5.53. The van der Waals surface area contributed by atoms with Gasteiger partial charge >= 0.3 is 0 Å². The number of methoxy groups -OCH3 is 1. The fourth-order valence-electron chi connectivity index (χ4n) is 0.970. The molecule has 0 bridgehead atoms. The molecule has 0 rings (SSSR count). The lowest BCUT2D eigenvalue weighted by atomic mass is 10.5. The predicted molar refractivity (Wildman–Crippen MR) is 59.2 cm³/mol. The van der Waals surface area contributed by atoms with E-state index in [-0.39, 0.29) is 6.10 Å². The maximum absolute atomic E-state index is 5.32. The first-order valence-corrected chi connectivity index (χ1v) is 5.53. The number of rotatable bonds is 11. The van der Waals surface area contributed by atoms with E-state index in [1.165, 1.54) is 0 Å². The lowest BCUT2D eigenvalue weighted by Crippen LogP contribution is -2.12. The largest absolute Gasteiger partial charge is 0.385 e. The minimum atomic E-state index is 0.277. The summed E-state index contributed by atoms with van der Waals surface area (Å²) in [7, 11) is 1.69. The first-order chi connectivity index (χ1) is 7.27. The van der Waals surface area contributed by atoms with Gasteiger partial charge in [0.1, 0.15) is 0 Å². The highest BCUT2D eigenvalue weighted by atomic mass is 16.5. The molecular formula is C11H24O4. The van der Waals surface area contributed by atoms with Crippen molar-refractivity contribution in [3.05, 3.63) is 0 Å². The van der Waals surface area contributed by atoms with Gasteiger partial charge < -0.3 is 18.9 Å². The van der Waals surface area contributed by atoms with E-state index in [9.17, 15) is 0 Å². The molecule has 0 aliphatic rings. The van der Waals surface area contributed by atoms with Crippen molar-refractivity contribution in [3.8, 4) is 0 Å². The summed E-state index contributed by atoms with van der Waals surface area (Å²) < 4.78 is 20.8. The summed E-state index contributed by atoms with van der Waals surface area (Å²) in [5.74, 6) is 0. The van der Waals surface area contributed by atoms with Gasteiger partial charge in [-0.1, -0.05) is 0 Å². The summed E-state index contributed by atoms with van der Waals surface area (Å²) in [6.07, 6.45) is 1.21. The summed E-state index contributed by atoms with van der Waals surface area (Å²) in [6.45, 7) is 8.08. The van der Waals surface area contributed by atoms with Gasteiger partial charge in [0.25, 0.3) is 0 Å². The molecular weight excluding hydrogens is 196 g/mol. The zero-order chi connectivity index (χ0) is 11.4. The van der Waals surface area contributed by atoms with E-state index in [4.69, 9.17) is 18.9 Å². The average molecular weight is 220 g/mol. The van der Waals surface area contributed by atoms with E-state index < -0.39 is 0 Å². The van der Waals surface area contributed by atoms with E-state index in [2.05, 4.69) is 0 Å². The smallest absolute Gasteiger partial charge is 0.0703 e. The monoisotopic (exact) mass is 220 g/mol. The van der Waals surface area contributed by atoms with Crippen molar-refractivity contribution in [1.29, 1.82) is 0 Å². The molecule has 0 N–H and O–H groups in total. The molecule has 4 nitrogen and oxygen atoms in total. The average Bonchev–Trinajstić information content (AvgIpc) is 2.20. The van der Waals surface area contributed by atoms with E-state index in [1.54, 1.807) is 7.11 Å². The van der Waals surface area contributed by atoms with Crippen molar-refractivity contribution in [2.45, 2.75) is 26.4 Å². The SMILES string of the molecule is COCCCOCCOCCOC(C)C. The maximum atomic E-state index is 5.32. The Labute approximate surface area is 92.8 Å². The molecule has 0 aromatic carbocycles. The van der Waals surface area contributed by atoms with Crippen LogP contribution in [0.2, 0.25) is 0 Å². The Morgan fingerprint density at radius 3 is 2.00 bits per heavy atom. The van der Waals surface area contributed by atoms with Crippen LogP contribution in [0.15, 0.2) is 0 Å². The quantitative estimate of drug-likeness (QED) is 0.494. The minimum absolute atomic E-state index is 0.277.